The first-order valence-corrected chi connectivity index (χ1v) is 4.38. The molecular weight excluding hydrogens is 194 g/mol. The Kier molecular flexibility index (Phi) is 3.98. The number of hydrogen-bond donors (Lipinski definition) is 2. The second-order valence-corrected chi connectivity index (χ2v) is 2.78. The van der Waals surface area contributed by atoms with Gasteiger partial charge in [0.15, 0.2) is 0 Å². The Morgan fingerprint density at radius 3 is 2.67 bits per heavy atom. The number of anilines is 1. The summed E-state index contributed by atoms with van der Waals surface area (Å²) in [6.07, 6.45) is -0.781. The molecule has 15 heavy (non-hydrogen) atoms. The first-order chi connectivity index (χ1) is 7.22. The fraction of sp³-hybridized carbons (Fsp3) is 0.200. The molecule has 0 bridgehead atoms. The van der Waals surface area contributed by atoms with E-state index >= 15 is 0 Å². The van der Waals surface area contributed by atoms with E-state index in [0.717, 1.165) is 5.69 Å². The maximum absolute atomic E-state index is 10.2. The van der Waals surface area contributed by atoms with Gasteiger partial charge in [0.25, 0.3) is 0 Å². The van der Waals surface area contributed by atoms with Crippen LogP contribution in [0.1, 0.15) is 5.56 Å². The molecule has 0 heterocycles. The minimum Gasteiger partial charge on any atom is -0.448 e. The highest BCUT2D eigenvalue weighted by Gasteiger charge is 1.94. The zero-order valence-electron chi connectivity index (χ0n) is 8.06. The minimum atomic E-state index is -0.781. The molecule has 0 saturated heterocycles. The van der Waals surface area contributed by atoms with Gasteiger partial charge in [-0.2, -0.15) is 5.26 Å². The fourth-order valence-electron chi connectivity index (χ4n) is 1.01. The molecule has 0 atom stereocenters. The van der Waals surface area contributed by atoms with Crippen LogP contribution in [0.25, 0.3) is 0 Å². The molecule has 0 spiro atoms. The van der Waals surface area contributed by atoms with Crippen LogP contribution in [0, 0.1) is 11.3 Å². The summed E-state index contributed by atoms with van der Waals surface area (Å²) in [6, 6.07) is 9.00. The second kappa shape index (κ2) is 5.50. The summed E-state index contributed by atoms with van der Waals surface area (Å²) in [5.41, 5.74) is 6.25. The molecule has 78 valence electrons. The van der Waals surface area contributed by atoms with Gasteiger partial charge in [-0.1, -0.05) is 0 Å². The monoisotopic (exact) mass is 205 g/mol. The summed E-state index contributed by atoms with van der Waals surface area (Å²) in [4.78, 5) is 10.2. The van der Waals surface area contributed by atoms with E-state index in [1.807, 2.05) is 6.07 Å². The van der Waals surface area contributed by atoms with Gasteiger partial charge in [0.2, 0.25) is 0 Å². The zero-order chi connectivity index (χ0) is 11.1. The van der Waals surface area contributed by atoms with Crippen LogP contribution < -0.4 is 11.1 Å². The number of rotatable bonds is 4. The van der Waals surface area contributed by atoms with Gasteiger partial charge >= 0.3 is 6.09 Å². The maximum Gasteiger partial charge on any atom is 0.404 e. The lowest BCUT2D eigenvalue weighted by Crippen LogP contribution is -2.18. The van der Waals surface area contributed by atoms with E-state index in [1.54, 1.807) is 24.3 Å². The van der Waals surface area contributed by atoms with Crippen LogP contribution in [0.4, 0.5) is 10.5 Å². The standard InChI is InChI=1S/C10H11N3O2/c11-7-8-1-3-9(4-2-8)13-5-6-15-10(12)14/h1-4,13H,5-6H2,(H2,12,14). The smallest absolute Gasteiger partial charge is 0.404 e. The molecule has 0 aliphatic carbocycles. The molecule has 3 N–H and O–H groups in total. The number of carbonyl (C=O) groups excluding carboxylic acids is 1. The molecule has 1 aromatic rings. The van der Waals surface area contributed by atoms with E-state index in [4.69, 9.17) is 11.0 Å². The van der Waals surface area contributed by atoms with Crippen molar-refractivity contribution >= 4 is 11.8 Å². The number of nitrogens with two attached hydrogens (primary N) is 1. The molecule has 5 nitrogen and oxygen atoms in total. The van der Waals surface area contributed by atoms with Crippen molar-refractivity contribution in [2.45, 2.75) is 0 Å². The number of nitrogens with zero attached hydrogens (tertiary/aromatic N) is 1. The van der Waals surface area contributed by atoms with Gasteiger partial charge in [0.05, 0.1) is 11.6 Å². The van der Waals surface area contributed by atoms with E-state index in [2.05, 4.69) is 10.1 Å². The summed E-state index contributed by atoms with van der Waals surface area (Å²) in [7, 11) is 0. The number of nitrogens with one attached hydrogen (secondary N) is 1. The van der Waals surface area contributed by atoms with Gasteiger partial charge < -0.3 is 15.8 Å². The largest absolute Gasteiger partial charge is 0.448 e. The van der Waals surface area contributed by atoms with Crippen LogP contribution in [0.15, 0.2) is 24.3 Å². The molecule has 5 heteroatoms. The third-order valence-corrected chi connectivity index (χ3v) is 1.69. The van der Waals surface area contributed by atoms with Crippen LogP contribution in [-0.4, -0.2) is 19.2 Å². The molecule has 0 unspecified atom stereocenters. The van der Waals surface area contributed by atoms with Crippen molar-refractivity contribution in [3.05, 3.63) is 29.8 Å². The van der Waals surface area contributed by atoms with Crippen LogP contribution in [0.5, 0.6) is 0 Å². The van der Waals surface area contributed by atoms with E-state index in [1.165, 1.54) is 0 Å². The highest BCUT2D eigenvalue weighted by Crippen LogP contribution is 2.07. The number of ether oxygens (including phenoxy) is 1. The van der Waals surface area contributed by atoms with E-state index < -0.39 is 6.09 Å². The maximum atomic E-state index is 10.2. The molecule has 1 rings (SSSR count). The van der Waals surface area contributed by atoms with Gasteiger partial charge in [0, 0.05) is 12.2 Å². The highest BCUT2D eigenvalue weighted by atomic mass is 16.5. The molecule has 0 fully saturated rings. The summed E-state index contributed by atoms with van der Waals surface area (Å²) in [6.45, 7) is 0.699. The Labute approximate surface area is 87.4 Å². The van der Waals surface area contributed by atoms with Gasteiger partial charge in [-0.25, -0.2) is 4.79 Å². The van der Waals surface area contributed by atoms with Crippen molar-refractivity contribution in [2.24, 2.45) is 5.73 Å². The SMILES string of the molecule is N#Cc1ccc(NCCOC(N)=O)cc1. The Morgan fingerprint density at radius 2 is 2.13 bits per heavy atom. The third kappa shape index (κ3) is 4.00. The van der Waals surface area contributed by atoms with Crippen molar-refractivity contribution in [2.75, 3.05) is 18.5 Å². The van der Waals surface area contributed by atoms with Crippen molar-refractivity contribution in [3.63, 3.8) is 0 Å². The number of amides is 1. The Balaban J connectivity index is 2.32. The molecule has 0 aliphatic rings. The number of primary amides is 1. The zero-order valence-corrected chi connectivity index (χ0v) is 8.06. The van der Waals surface area contributed by atoms with Crippen LogP contribution in [0.2, 0.25) is 0 Å². The quantitative estimate of drug-likeness (QED) is 0.719. The molecule has 1 amide bonds. The number of benzene rings is 1. The van der Waals surface area contributed by atoms with Crippen molar-refractivity contribution in [3.8, 4) is 6.07 Å². The summed E-state index contributed by atoms with van der Waals surface area (Å²) < 4.78 is 4.53. The van der Waals surface area contributed by atoms with E-state index in [9.17, 15) is 4.79 Å². The Morgan fingerprint density at radius 1 is 1.47 bits per heavy atom. The molecular formula is C10H11N3O2. The first kappa shape index (κ1) is 10.9. The number of nitriles is 1. The lowest BCUT2D eigenvalue weighted by Gasteiger charge is -2.05. The Hall–Kier alpha value is -2.22. The molecule has 0 saturated carbocycles. The average Bonchev–Trinajstić information content (AvgIpc) is 2.25. The summed E-state index contributed by atoms with van der Waals surface area (Å²) >= 11 is 0. The normalized spacial score (nSPS) is 9.00. The summed E-state index contributed by atoms with van der Waals surface area (Å²) in [5.74, 6) is 0. The van der Waals surface area contributed by atoms with Crippen LogP contribution in [-0.2, 0) is 4.74 Å². The minimum absolute atomic E-state index is 0.218. The third-order valence-electron chi connectivity index (χ3n) is 1.69. The predicted molar refractivity (Wildman–Crippen MR) is 55.2 cm³/mol. The molecule has 0 aromatic heterocycles. The lowest BCUT2D eigenvalue weighted by molar-refractivity contribution is 0.161. The van der Waals surface area contributed by atoms with Gasteiger partial charge in [0.1, 0.15) is 6.61 Å². The van der Waals surface area contributed by atoms with Crippen molar-refractivity contribution in [1.29, 1.82) is 5.26 Å². The average molecular weight is 205 g/mol. The van der Waals surface area contributed by atoms with Gasteiger partial charge in [-0.15, -0.1) is 0 Å². The van der Waals surface area contributed by atoms with Crippen LogP contribution >= 0.6 is 0 Å². The van der Waals surface area contributed by atoms with Crippen molar-refractivity contribution in [1.82, 2.24) is 0 Å². The molecule has 0 aliphatic heterocycles. The number of hydrogen-bond acceptors (Lipinski definition) is 4. The van der Waals surface area contributed by atoms with Gasteiger partial charge in [-0.3, -0.25) is 0 Å². The van der Waals surface area contributed by atoms with E-state index in [-0.39, 0.29) is 6.61 Å². The molecule has 1 aromatic carbocycles. The van der Waals surface area contributed by atoms with Crippen molar-refractivity contribution < 1.29 is 9.53 Å². The van der Waals surface area contributed by atoms with E-state index in [0.29, 0.717) is 12.1 Å². The first-order valence-electron chi connectivity index (χ1n) is 4.38. The Bertz CT molecular complexity index is 367. The fourth-order valence-corrected chi connectivity index (χ4v) is 1.01. The predicted octanol–water partition coefficient (Wildman–Crippen LogP) is 1.07. The lowest BCUT2D eigenvalue weighted by atomic mass is 10.2. The number of carbonyl (C=O) groups is 1. The topological polar surface area (TPSA) is 88.1 Å². The van der Waals surface area contributed by atoms with Gasteiger partial charge in [-0.05, 0) is 24.3 Å². The van der Waals surface area contributed by atoms with Crippen LogP contribution in [0.3, 0.4) is 0 Å². The molecule has 0 radical (unpaired) electrons. The summed E-state index contributed by atoms with van der Waals surface area (Å²) in [5, 5.41) is 11.6. The highest BCUT2D eigenvalue weighted by molar-refractivity contribution is 5.64. The second-order valence-electron chi connectivity index (χ2n) is 2.78.